The maximum atomic E-state index is 12.1. The van der Waals surface area contributed by atoms with Gasteiger partial charge in [0.1, 0.15) is 0 Å². The predicted molar refractivity (Wildman–Crippen MR) is 90.4 cm³/mol. The molecule has 3 rings (SSSR count). The number of nitrogens with one attached hydrogen (secondary N) is 2. The lowest BCUT2D eigenvalue weighted by molar-refractivity contribution is -0.122. The van der Waals surface area contributed by atoms with Crippen molar-refractivity contribution in [2.45, 2.75) is 63.1 Å². The second kappa shape index (κ2) is 8.56. The van der Waals surface area contributed by atoms with Crippen molar-refractivity contribution in [1.82, 2.24) is 15.5 Å². The second-order valence-corrected chi connectivity index (χ2v) is 6.76. The number of carbonyl (C=O) groups excluding carboxylic acids is 1. The van der Waals surface area contributed by atoms with Crippen molar-refractivity contribution < 1.29 is 4.79 Å². The van der Waals surface area contributed by atoms with Crippen LogP contribution in [-0.2, 0) is 4.79 Å². The van der Waals surface area contributed by atoms with E-state index >= 15 is 0 Å². The van der Waals surface area contributed by atoms with Gasteiger partial charge in [0, 0.05) is 31.1 Å². The Hall–Kier alpha value is -0.0300. The molecular weight excluding hydrogens is 309 g/mol. The molecule has 0 spiro atoms. The molecular formula is C15H29Cl2N3O. The van der Waals surface area contributed by atoms with Gasteiger partial charge in [0.2, 0.25) is 5.91 Å². The predicted octanol–water partition coefficient (Wildman–Crippen LogP) is 1.96. The van der Waals surface area contributed by atoms with E-state index in [1.54, 1.807) is 0 Å². The fourth-order valence-electron chi connectivity index (χ4n) is 4.14. The molecule has 0 saturated carbocycles. The van der Waals surface area contributed by atoms with Crippen LogP contribution in [-0.4, -0.2) is 49.1 Å². The minimum absolute atomic E-state index is 0. The van der Waals surface area contributed by atoms with Crippen LogP contribution in [0.3, 0.4) is 0 Å². The van der Waals surface area contributed by atoms with E-state index in [1.807, 2.05) is 0 Å². The molecule has 3 aliphatic rings. The molecule has 2 bridgehead atoms. The average Bonchev–Trinajstić information content (AvgIpc) is 2.93. The molecule has 0 radical (unpaired) electrons. The summed E-state index contributed by atoms with van der Waals surface area (Å²) in [7, 11) is 2.16. The number of likely N-dealkylation sites (N-methyl/N-ethyl adjacent to an activating group) is 1. The molecule has 124 valence electrons. The van der Waals surface area contributed by atoms with Gasteiger partial charge in [-0.3, -0.25) is 4.79 Å². The van der Waals surface area contributed by atoms with Crippen LogP contribution in [0, 0.1) is 5.92 Å². The number of nitrogens with zero attached hydrogens (tertiary/aromatic N) is 1. The van der Waals surface area contributed by atoms with E-state index < -0.39 is 0 Å². The van der Waals surface area contributed by atoms with Gasteiger partial charge in [0.05, 0.1) is 0 Å². The first-order chi connectivity index (χ1) is 9.20. The number of hydrogen-bond donors (Lipinski definition) is 2. The van der Waals surface area contributed by atoms with E-state index in [-0.39, 0.29) is 30.7 Å². The smallest absolute Gasteiger partial charge is 0.220 e. The van der Waals surface area contributed by atoms with Crippen LogP contribution in [0.15, 0.2) is 0 Å². The van der Waals surface area contributed by atoms with E-state index in [0.717, 1.165) is 13.0 Å². The highest BCUT2D eigenvalue weighted by atomic mass is 35.5. The molecule has 4 nitrogen and oxygen atoms in total. The van der Waals surface area contributed by atoms with Crippen LogP contribution in [0.1, 0.15) is 44.9 Å². The summed E-state index contributed by atoms with van der Waals surface area (Å²) in [6.07, 6.45) is 8.28. The molecule has 6 heteroatoms. The number of amides is 1. The van der Waals surface area contributed by atoms with Crippen molar-refractivity contribution >= 4 is 30.7 Å². The highest BCUT2D eigenvalue weighted by molar-refractivity contribution is 5.85. The third-order valence-corrected chi connectivity index (χ3v) is 5.25. The van der Waals surface area contributed by atoms with Gasteiger partial charge in [0.15, 0.2) is 0 Å². The molecule has 3 unspecified atom stereocenters. The quantitative estimate of drug-likeness (QED) is 0.824. The standard InChI is InChI=1S/C15H27N3O.2ClH/c1-18-6-2-3-14(18)10-16-15(19)9-11-7-12-4-5-13(8-11)17-12;;/h11-14,17H,2-10H2,1H3,(H,16,19);2*1H. The van der Waals surface area contributed by atoms with E-state index in [4.69, 9.17) is 0 Å². The fourth-order valence-corrected chi connectivity index (χ4v) is 4.14. The Labute approximate surface area is 140 Å². The SMILES string of the molecule is CN1CCCC1CNC(=O)CC1CC2CCC(C1)N2.Cl.Cl. The number of rotatable bonds is 4. The summed E-state index contributed by atoms with van der Waals surface area (Å²) in [4.78, 5) is 14.4. The Bertz CT molecular complexity index is 331. The molecule has 3 atom stereocenters. The van der Waals surface area contributed by atoms with Gasteiger partial charge in [-0.15, -0.1) is 24.8 Å². The Balaban J connectivity index is 0.00000110. The lowest BCUT2D eigenvalue weighted by Gasteiger charge is -2.29. The van der Waals surface area contributed by atoms with Gasteiger partial charge >= 0.3 is 0 Å². The molecule has 0 aliphatic carbocycles. The third kappa shape index (κ3) is 4.98. The van der Waals surface area contributed by atoms with Gasteiger partial charge in [-0.05, 0) is 58.0 Å². The summed E-state index contributed by atoms with van der Waals surface area (Å²) in [5.41, 5.74) is 0. The number of carbonyl (C=O) groups is 1. The minimum atomic E-state index is 0. The molecule has 21 heavy (non-hydrogen) atoms. The number of piperidine rings is 1. The Morgan fingerprint density at radius 1 is 1.19 bits per heavy atom. The molecule has 1 amide bonds. The number of halogens is 2. The van der Waals surface area contributed by atoms with Crippen LogP contribution >= 0.6 is 24.8 Å². The minimum Gasteiger partial charge on any atom is -0.355 e. The van der Waals surface area contributed by atoms with E-state index in [2.05, 4.69) is 22.6 Å². The lowest BCUT2D eigenvalue weighted by atomic mass is 9.89. The second-order valence-electron chi connectivity index (χ2n) is 6.76. The van der Waals surface area contributed by atoms with Gasteiger partial charge < -0.3 is 15.5 Å². The molecule has 3 aliphatic heterocycles. The summed E-state index contributed by atoms with van der Waals surface area (Å²) < 4.78 is 0. The van der Waals surface area contributed by atoms with Gasteiger partial charge in [-0.2, -0.15) is 0 Å². The third-order valence-electron chi connectivity index (χ3n) is 5.25. The summed E-state index contributed by atoms with van der Waals surface area (Å²) in [6.45, 7) is 2.02. The van der Waals surface area contributed by atoms with E-state index in [9.17, 15) is 4.79 Å². The average molecular weight is 338 g/mol. The molecule has 3 saturated heterocycles. The maximum absolute atomic E-state index is 12.1. The first-order valence-corrected chi connectivity index (χ1v) is 7.93. The summed E-state index contributed by atoms with van der Waals surface area (Å²) >= 11 is 0. The largest absolute Gasteiger partial charge is 0.355 e. The van der Waals surface area contributed by atoms with Gasteiger partial charge in [-0.25, -0.2) is 0 Å². The van der Waals surface area contributed by atoms with Gasteiger partial charge in [0.25, 0.3) is 0 Å². The zero-order chi connectivity index (χ0) is 13.2. The summed E-state index contributed by atoms with van der Waals surface area (Å²) in [6, 6.07) is 1.95. The molecule has 0 aromatic heterocycles. The lowest BCUT2D eigenvalue weighted by Crippen LogP contribution is -2.41. The first kappa shape index (κ1) is 19.0. The van der Waals surface area contributed by atoms with Crippen LogP contribution in [0.5, 0.6) is 0 Å². The molecule has 2 N–H and O–H groups in total. The summed E-state index contributed by atoms with van der Waals surface area (Å²) in [5, 5.41) is 6.79. The van der Waals surface area contributed by atoms with Crippen molar-refractivity contribution in [1.29, 1.82) is 0 Å². The van der Waals surface area contributed by atoms with Crippen molar-refractivity contribution in [2.24, 2.45) is 5.92 Å². The Morgan fingerprint density at radius 2 is 1.86 bits per heavy atom. The van der Waals surface area contributed by atoms with Crippen molar-refractivity contribution in [3.63, 3.8) is 0 Å². The zero-order valence-corrected chi connectivity index (χ0v) is 14.5. The monoisotopic (exact) mass is 337 g/mol. The van der Waals surface area contributed by atoms with Gasteiger partial charge in [-0.1, -0.05) is 0 Å². The van der Waals surface area contributed by atoms with E-state index in [1.165, 1.54) is 45.1 Å². The van der Waals surface area contributed by atoms with Crippen LogP contribution in [0.25, 0.3) is 0 Å². The first-order valence-electron chi connectivity index (χ1n) is 7.93. The highest BCUT2D eigenvalue weighted by Gasteiger charge is 2.34. The number of fused-ring (bicyclic) bond motifs is 2. The molecule has 0 aromatic carbocycles. The Kier molecular flexibility index (Phi) is 7.75. The Morgan fingerprint density at radius 3 is 2.43 bits per heavy atom. The number of likely N-dealkylation sites (tertiary alicyclic amines) is 1. The number of hydrogen-bond acceptors (Lipinski definition) is 3. The van der Waals surface area contributed by atoms with Crippen LogP contribution in [0.2, 0.25) is 0 Å². The molecule has 3 fully saturated rings. The van der Waals surface area contributed by atoms with Crippen LogP contribution < -0.4 is 10.6 Å². The fraction of sp³-hybridized carbons (Fsp3) is 0.933. The van der Waals surface area contributed by atoms with Crippen molar-refractivity contribution in [3.8, 4) is 0 Å². The maximum Gasteiger partial charge on any atom is 0.220 e. The molecule has 0 aromatic rings. The normalized spacial score (nSPS) is 34.9. The molecule has 3 heterocycles. The zero-order valence-electron chi connectivity index (χ0n) is 12.8. The van der Waals surface area contributed by atoms with Crippen LogP contribution in [0.4, 0.5) is 0 Å². The van der Waals surface area contributed by atoms with E-state index in [0.29, 0.717) is 24.0 Å². The van der Waals surface area contributed by atoms with Crippen molar-refractivity contribution in [3.05, 3.63) is 0 Å². The highest BCUT2D eigenvalue weighted by Crippen LogP contribution is 2.32. The van der Waals surface area contributed by atoms with Crippen molar-refractivity contribution in [2.75, 3.05) is 20.1 Å². The summed E-state index contributed by atoms with van der Waals surface area (Å²) in [5.74, 6) is 0.881. The topological polar surface area (TPSA) is 44.4 Å².